The molecule has 2 rings (SSSR count). The van der Waals surface area contributed by atoms with Crippen molar-refractivity contribution in [2.24, 2.45) is 0 Å². The molecule has 3 N–H and O–H groups in total. The molecule has 0 aliphatic carbocycles. The lowest BCUT2D eigenvalue weighted by Crippen LogP contribution is -2.04. The number of H-pyrrole nitrogens is 1. The Labute approximate surface area is 98.6 Å². The molecule has 0 fully saturated rings. The van der Waals surface area contributed by atoms with E-state index in [-0.39, 0.29) is 0 Å². The first-order valence-corrected chi connectivity index (χ1v) is 5.41. The van der Waals surface area contributed by atoms with Crippen molar-refractivity contribution in [3.05, 3.63) is 46.5 Å². The van der Waals surface area contributed by atoms with Crippen LogP contribution in [0.2, 0.25) is 0 Å². The zero-order chi connectivity index (χ0) is 11.4. The van der Waals surface area contributed by atoms with E-state index in [1.165, 1.54) is 5.56 Å². The van der Waals surface area contributed by atoms with E-state index >= 15 is 0 Å². The topological polar surface area (TPSA) is 67.6 Å². The standard InChI is InChI=1S/C11H12N4S/c12-10-13-9(14-11(16)15-10)7-6-8-4-2-1-3-5-8/h1-5H,6-7H2,(H3,12,13,14,15,16). The Morgan fingerprint density at radius 3 is 2.56 bits per heavy atom. The summed E-state index contributed by atoms with van der Waals surface area (Å²) in [6.45, 7) is 0. The number of anilines is 1. The smallest absolute Gasteiger partial charge is 0.224 e. The molecule has 0 aliphatic heterocycles. The molecule has 1 aromatic carbocycles. The molecule has 0 unspecified atom stereocenters. The van der Waals surface area contributed by atoms with Crippen molar-refractivity contribution in [1.29, 1.82) is 0 Å². The highest BCUT2D eigenvalue weighted by molar-refractivity contribution is 7.71. The quantitative estimate of drug-likeness (QED) is 0.793. The molecule has 1 aromatic heterocycles. The highest BCUT2D eigenvalue weighted by atomic mass is 32.1. The number of nitrogen functional groups attached to an aromatic ring is 1. The molecule has 1 heterocycles. The summed E-state index contributed by atoms with van der Waals surface area (Å²) in [5.74, 6) is 1.10. The van der Waals surface area contributed by atoms with Crippen LogP contribution in [0.25, 0.3) is 0 Å². The highest BCUT2D eigenvalue weighted by Crippen LogP contribution is 2.04. The first kappa shape index (κ1) is 10.8. The van der Waals surface area contributed by atoms with Gasteiger partial charge in [-0.3, -0.25) is 0 Å². The molecule has 5 heteroatoms. The summed E-state index contributed by atoms with van der Waals surface area (Å²) in [5.41, 5.74) is 6.82. The van der Waals surface area contributed by atoms with Crippen LogP contribution in [0, 0.1) is 4.77 Å². The Hall–Kier alpha value is -1.75. The van der Waals surface area contributed by atoms with Gasteiger partial charge in [0.2, 0.25) is 10.7 Å². The minimum Gasteiger partial charge on any atom is -0.369 e. The van der Waals surface area contributed by atoms with Crippen LogP contribution in [0.4, 0.5) is 5.95 Å². The number of aromatic amines is 1. The van der Waals surface area contributed by atoms with E-state index in [2.05, 4.69) is 27.1 Å². The second-order valence-corrected chi connectivity index (χ2v) is 3.81. The maximum Gasteiger partial charge on any atom is 0.224 e. The van der Waals surface area contributed by atoms with Gasteiger partial charge in [-0.2, -0.15) is 4.98 Å². The van der Waals surface area contributed by atoms with Crippen LogP contribution in [0.1, 0.15) is 11.4 Å². The van der Waals surface area contributed by atoms with E-state index in [0.717, 1.165) is 18.7 Å². The van der Waals surface area contributed by atoms with Gasteiger partial charge in [0.1, 0.15) is 5.82 Å². The molecular weight excluding hydrogens is 220 g/mol. The van der Waals surface area contributed by atoms with Crippen molar-refractivity contribution >= 4 is 18.2 Å². The van der Waals surface area contributed by atoms with Crippen LogP contribution in [0.3, 0.4) is 0 Å². The van der Waals surface area contributed by atoms with Gasteiger partial charge in [0, 0.05) is 6.42 Å². The third kappa shape index (κ3) is 2.87. The molecule has 82 valence electrons. The Balaban J connectivity index is 2.08. The molecule has 0 saturated heterocycles. The van der Waals surface area contributed by atoms with Gasteiger partial charge in [-0.15, -0.1) is 0 Å². The third-order valence-corrected chi connectivity index (χ3v) is 2.39. The highest BCUT2D eigenvalue weighted by Gasteiger charge is 1.99. The Kier molecular flexibility index (Phi) is 3.26. The van der Waals surface area contributed by atoms with Gasteiger partial charge >= 0.3 is 0 Å². The molecule has 16 heavy (non-hydrogen) atoms. The van der Waals surface area contributed by atoms with Crippen molar-refractivity contribution in [3.63, 3.8) is 0 Å². The van der Waals surface area contributed by atoms with Gasteiger partial charge in [0.15, 0.2) is 0 Å². The number of hydrogen-bond acceptors (Lipinski definition) is 4. The third-order valence-electron chi connectivity index (χ3n) is 2.21. The predicted octanol–water partition coefficient (Wildman–Crippen LogP) is 1.90. The summed E-state index contributed by atoms with van der Waals surface area (Å²) < 4.78 is 0.291. The summed E-state index contributed by atoms with van der Waals surface area (Å²) in [6.07, 6.45) is 1.68. The molecule has 2 aromatic rings. The Bertz CT molecular complexity index is 521. The number of aromatic nitrogens is 3. The minimum atomic E-state index is 0.291. The first-order valence-electron chi connectivity index (χ1n) is 5.01. The number of benzene rings is 1. The van der Waals surface area contributed by atoms with Crippen molar-refractivity contribution in [3.8, 4) is 0 Å². The van der Waals surface area contributed by atoms with E-state index in [9.17, 15) is 0 Å². The van der Waals surface area contributed by atoms with Crippen molar-refractivity contribution < 1.29 is 0 Å². The van der Waals surface area contributed by atoms with Crippen molar-refractivity contribution in [1.82, 2.24) is 15.0 Å². The predicted molar refractivity (Wildman–Crippen MR) is 65.5 cm³/mol. The molecule has 0 aliphatic rings. The molecule has 0 bridgehead atoms. The lowest BCUT2D eigenvalue weighted by molar-refractivity contribution is 0.835. The van der Waals surface area contributed by atoms with E-state index in [1.54, 1.807) is 0 Å². The van der Waals surface area contributed by atoms with Crippen LogP contribution in [0.5, 0.6) is 0 Å². The second-order valence-electron chi connectivity index (χ2n) is 3.45. The van der Waals surface area contributed by atoms with E-state index in [4.69, 9.17) is 18.0 Å². The monoisotopic (exact) mass is 232 g/mol. The molecule has 0 amide bonds. The number of rotatable bonds is 3. The van der Waals surface area contributed by atoms with Crippen LogP contribution in [-0.2, 0) is 12.8 Å². The summed E-state index contributed by atoms with van der Waals surface area (Å²) in [6, 6.07) is 10.2. The van der Waals surface area contributed by atoms with Gasteiger partial charge in [0.05, 0.1) is 0 Å². The van der Waals surface area contributed by atoms with Crippen LogP contribution < -0.4 is 5.73 Å². The molecule has 4 nitrogen and oxygen atoms in total. The fraction of sp³-hybridized carbons (Fsp3) is 0.182. The van der Waals surface area contributed by atoms with Crippen molar-refractivity contribution in [2.45, 2.75) is 12.8 Å². The molecular formula is C11H12N4S. The number of nitrogens with zero attached hydrogens (tertiary/aromatic N) is 2. The number of nitrogens with one attached hydrogen (secondary N) is 1. The molecule has 0 atom stereocenters. The number of aryl methyl sites for hydroxylation is 2. The summed E-state index contributed by atoms with van der Waals surface area (Å²) >= 11 is 4.90. The van der Waals surface area contributed by atoms with E-state index in [0.29, 0.717) is 10.7 Å². The van der Waals surface area contributed by atoms with Gasteiger partial charge in [0.25, 0.3) is 0 Å². The zero-order valence-corrected chi connectivity index (χ0v) is 9.50. The van der Waals surface area contributed by atoms with Gasteiger partial charge in [-0.1, -0.05) is 30.3 Å². The maximum absolute atomic E-state index is 5.56. The lowest BCUT2D eigenvalue weighted by Gasteiger charge is -2.02. The average molecular weight is 232 g/mol. The normalized spacial score (nSPS) is 10.2. The maximum atomic E-state index is 5.56. The van der Waals surface area contributed by atoms with Gasteiger partial charge in [-0.25, -0.2) is 4.98 Å². The Morgan fingerprint density at radius 2 is 1.88 bits per heavy atom. The summed E-state index contributed by atoms with van der Waals surface area (Å²) in [5, 5.41) is 0. The van der Waals surface area contributed by atoms with Crippen LogP contribution >= 0.6 is 12.2 Å². The minimum absolute atomic E-state index is 0.291. The van der Waals surface area contributed by atoms with Gasteiger partial charge < -0.3 is 10.7 Å². The van der Waals surface area contributed by atoms with Crippen LogP contribution in [0.15, 0.2) is 30.3 Å². The number of hydrogen-bond donors (Lipinski definition) is 2. The molecule has 0 spiro atoms. The summed E-state index contributed by atoms with van der Waals surface area (Å²) in [4.78, 5) is 10.8. The summed E-state index contributed by atoms with van der Waals surface area (Å²) in [7, 11) is 0. The number of nitrogens with two attached hydrogens (primary N) is 1. The fourth-order valence-electron chi connectivity index (χ4n) is 1.47. The van der Waals surface area contributed by atoms with Crippen molar-refractivity contribution in [2.75, 3.05) is 5.73 Å². The average Bonchev–Trinajstić information content (AvgIpc) is 2.27. The largest absolute Gasteiger partial charge is 0.369 e. The zero-order valence-electron chi connectivity index (χ0n) is 8.68. The van der Waals surface area contributed by atoms with E-state index < -0.39 is 0 Å². The Morgan fingerprint density at radius 1 is 1.12 bits per heavy atom. The van der Waals surface area contributed by atoms with E-state index in [1.807, 2.05) is 18.2 Å². The van der Waals surface area contributed by atoms with Crippen LogP contribution in [-0.4, -0.2) is 15.0 Å². The molecule has 0 saturated carbocycles. The second kappa shape index (κ2) is 4.85. The van der Waals surface area contributed by atoms with Gasteiger partial charge in [-0.05, 0) is 24.2 Å². The fourth-order valence-corrected chi connectivity index (χ4v) is 1.68. The SMILES string of the molecule is Nc1nc(=S)nc(CCc2ccccc2)[nH]1. The lowest BCUT2D eigenvalue weighted by atomic mass is 10.1. The first-order chi connectivity index (χ1) is 7.74. The molecule has 0 radical (unpaired) electrons.